The standard InChI is InChI=1S/C21H16N6/c1-13-2-4-17-19(10-13)25-20(14-6-8-22-9-7-14)26-21(17)24-16-3-5-18-15(11-16)12-23-27-18/h2-12H,1H3,(H,23,27)(H,24,25,26). The van der Waals surface area contributed by atoms with Crippen molar-refractivity contribution in [1.82, 2.24) is 25.1 Å². The van der Waals surface area contributed by atoms with Gasteiger partial charge in [-0.2, -0.15) is 5.10 Å². The molecule has 5 rings (SSSR count). The molecule has 0 spiro atoms. The van der Waals surface area contributed by atoms with Crippen LogP contribution in [0.4, 0.5) is 11.5 Å². The number of aromatic amines is 1. The zero-order valence-corrected chi connectivity index (χ0v) is 14.6. The molecule has 2 N–H and O–H groups in total. The summed E-state index contributed by atoms with van der Waals surface area (Å²) in [7, 11) is 0. The molecular weight excluding hydrogens is 336 g/mol. The highest BCUT2D eigenvalue weighted by molar-refractivity contribution is 5.93. The molecule has 0 aliphatic carbocycles. The SMILES string of the molecule is Cc1ccc2c(Nc3ccc4[nH]ncc4c3)nc(-c3ccncc3)nc2c1. The van der Waals surface area contributed by atoms with Crippen LogP contribution >= 0.6 is 0 Å². The Kier molecular flexibility index (Phi) is 3.53. The molecular formula is C21H16N6. The maximum atomic E-state index is 4.79. The average Bonchev–Trinajstić information content (AvgIpc) is 3.16. The molecule has 0 bridgehead atoms. The Hall–Kier alpha value is -3.80. The largest absolute Gasteiger partial charge is 0.340 e. The van der Waals surface area contributed by atoms with Crippen molar-refractivity contribution in [1.29, 1.82) is 0 Å². The smallest absolute Gasteiger partial charge is 0.162 e. The molecule has 0 aliphatic heterocycles. The van der Waals surface area contributed by atoms with Crippen LogP contribution in [-0.2, 0) is 0 Å². The van der Waals surface area contributed by atoms with E-state index >= 15 is 0 Å². The fourth-order valence-corrected chi connectivity index (χ4v) is 3.12. The van der Waals surface area contributed by atoms with Gasteiger partial charge < -0.3 is 5.32 Å². The van der Waals surface area contributed by atoms with Crippen LogP contribution in [0.3, 0.4) is 0 Å². The third-order valence-electron chi connectivity index (χ3n) is 4.49. The van der Waals surface area contributed by atoms with Crippen molar-refractivity contribution in [2.45, 2.75) is 6.92 Å². The minimum atomic E-state index is 0.669. The molecule has 130 valence electrons. The van der Waals surface area contributed by atoms with E-state index in [4.69, 9.17) is 9.97 Å². The molecule has 27 heavy (non-hydrogen) atoms. The number of hydrogen-bond donors (Lipinski definition) is 2. The molecule has 0 amide bonds. The van der Waals surface area contributed by atoms with Gasteiger partial charge in [0, 0.05) is 34.4 Å². The summed E-state index contributed by atoms with van der Waals surface area (Å²) in [6.45, 7) is 2.06. The molecule has 3 aromatic heterocycles. The van der Waals surface area contributed by atoms with Gasteiger partial charge in [0.15, 0.2) is 5.82 Å². The zero-order valence-electron chi connectivity index (χ0n) is 14.6. The van der Waals surface area contributed by atoms with Crippen molar-refractivity contribution in [2.24, 2.45) is 0 Å². The van der Waals surface area contributed by atoms with Crippen LogP contribution < -0.4 is 5.32 Å². The van der Waals surface area contributed by atoms with Gasteiger partial charge in [0.05, 0.1) is 17.2 Å². The number of anilines is 2. The number of aromatic nitrogens is 5. The van der Waals surface area contributed by atoms with Crippen LogP contribution in [-0.4, -0.2) is 25.1 Å². The predicted octanol–water partition coefficient (Wildman–Crippen LogP) is 4.62. The van der Waals surface area contributed by atoms with Gasteiger partial charge in [-0.3, -0.25) is 10.1 Å². The van der Waals surface area contributed by atoms with Gasteiger partial charge in [-0.25, -0.2) is 9.97 Å². The average molecular weight is 352 g/mol. The van der Waals surface area contributed by atoms with E-state index in [-0.39, 0.29) is 0 Å². The Morgan fingerprint density at radius 1 is 0.926 bits per heavy atom. The maximum Gasteiger partial charge on any atom is 0.162 e. The number of fused-ring (bicyclic) bond motifs is 2. The fourth-order valence-electron chi connectivity index (χ4n) is 3.12. The number of aryl methyl sites for hydroxylation is 1. The first-order valence-electron chi connectivity index (χ1n) is 8.65. The van der Waals surface area contributed by atoms with E-state index in [1.54, 1.807) is 12.4 Å². The molecule has 5 aromatic rings. The third kappa shape index (κ3) is 2.87. The molecule has 0 fully saturated rings. The fraction of sp³-hybridized carbons (Fsp3) is 0.0476. The number of rotatable bonds is 3. The monoisotopic (exact) mass is 352 g/mol. The van der Waals surface area contributed by atoms with Crippen molar-refractivity contribution in [3.05, 3.63) is 72.7 Å². The van der Waals surface area contributed by atoms with Gasteiger partial charge in [0.1, 0.15) is 5.82 Å². The number of benzene rings is 2. The van der Waals surface area contributed by atoms with Gasteiger partial charge in [0.2, 0.25) is 0 Å². The van der Waals surface area contributed by atoms with Gasteiger partial charge in [-0.05, 0) is 55.0 Å². The van der Waals surface area contributed by atoms with E-state index in [1.807, 2.05) is 36.5 Å². The maximum absolute atomic E-state index is 4.79. The normalized spacial score (nSPS) is 11.1. The van der Waals surface area contributed by atoms with E-state index < -0.39 is 0 Å². The van der Waals surface area contributed by atoms with Gasteiger partial charge in [-0.1, -0.05) is 6.07 Å². The van der Waals surface area contributed by atoms with Crippen LogP contribution in [0.2, 0.25) is 0 Å². The lowest BCUT2D eigenvalue weighted by molar-refractivity contribution is 1.12. The molecule has 0 radical (unpaired) electrons. The first-order valence-corrected chi connectivity index (χ1v) is 8.65. The zero-order chi connectivity index (χ0) is 18.2. The van der Waals surface area contributed by atoms with Gasteiger partial charge >= 0.3 is 0 Å². The lowest BCUT2D eigenvalue weighted by atomic mass is 10.1. The number of nitrogens with zero attached hydrogens (tertiary/aromatic N) is 4. The molecule has 3 heterocycles. The molecule has 0 atom stereocenters. The predicted molar refractivity (Wildman–Crippen MR) is 107 cm³/mol. The van der Waals surface area contributed by atoms with E-state index in [2.05, 4.69) is 45.6 Å². The summed E-state index contributed by atoms with van der Waals surface area (Å²) in [6, 6.07) is 16.1. The summed E-state index contributed by atoms with van der Waals surface area (Å²) < 4.78 is 0. The molecule has 0 aliphatic rings. The van der Waals surface area contributed by atoms with Gasteiger partial charge in [-0.15, -0.1) is 0 Å². The number of hydrogen-bond acceptors (Lipinski definition) is 5. The van der Waals surface area contributed by atoms with Crippen molar-refractivity contribution in [3.63, 3.8) is 0 Å². The molecule has 6 heteroatoms. The van der Waals surface area contributed by atoms with Crippen LogP contribution in [0.25, 0.3) is 33.2 Å². The van der Waals surface area contributed by atoms with E-state index in [0.29, 0.717) is 5.82 Å². The summed E-state index contributed by atoms with van der Waals surface area (Å²) in [4.78, 5) is 13.6. The number of pyridine rings is 1. The summed E-state index contributed by atoms with van der Waals surface area (Å²) in [5.41, 5.74) is 4.95. The molecule has 0 unspecified atom stereocenters. The van der Waals surface area contributed by atoms with Crippen LogP contribution in [0.1, 0.15) is 5.56 Å². The Bertz CT molecular complexity index is 1260. The summed E-state index contributed by atoms with van der Waals surface area (Å²) in [5.74, 6) is 1.44. The molecule has 0 saturated carbocycles. The van der Waals surface area contributed by atoms with Crippen LogP contribution in [0.5, 0.6) is 0 Å². The van der Waals surface area contributed by atoms with Crippen LogP contribution in [0.15, 0.2) is 67.1 Å². The highest BCUT2D eigenvalue weighted by atomic mass is 15.1. The Balaban J connectivity index is 1.67. The third-order valence-corrected chi connectivity index (χ3v) is 4.49. The minimum Gasteiger partial charge on any atom is -0.340 e. The first-order chi connectivity index (χ1) is 13.3. The second kappa shape index (κ2) is 6.17. The number of H-pyrrole nitrogens is 1. The van der Waals surface area contributed by atoms with Crippen molar-refractivity contribution < 1.29 is 0 Å². The highest BCUT2D eigenvalue weighted by Crippen LogP contribution is 2.28. The second-order valence-electron chi connectivity index (χ2n) is 6.45. The lowest BCUT2D eigenvalue weighted by Crippen LogP contribution is -1.99. The molecule has 2 aromatic carbocycles. The first kappa shape index (κ1) is 15.5. The van der Waals surface area contributed by atoms with Crippen LogP contribution in [0, 0.1) is 6.92 Å². The lowest BCUT2D eigenvalue weighted by Gasteiger charge is -2.12. The Labute approximate surface area is 155 Å². The summed E-state index contributed by atoms with van der Waals surface area (Å²) in [6.07, 6.45) is 5.31. The van der Waals surface area contributed by atoms with Gasteiger partial charge in [0.25, 0.3) is 0 Å². The van der Waals surface area contributed by atoms with E-state index in [9.17, 15) is 0 Å². The molecule has 0 saturated heterocycles. The second-order valence-corrected chi connectivity index (χ2v) is 6.45. The van der Waals surface area contributed by atoms with E-state index in [1.165, 1.54) is 0 Å². The van der Waals surface area contributed by atoms with Crippen molar-refractivity contribution in [2.75, 3.05) is 5.32 Å². The Morgan fingerprint density at radius 3 is 2.70 bits per heavy atom. The van der Waals surface area contributed by atoms with E-state index in [0.717, 1.165) is 44.4 Å². The van der Waals surface area contributed by atoms with Crippen molar-refractivity contribution in [3.8, 4) is 11.4 Å². The quantitative estimate of drug-likeness (QED) is 0.495. The summed E-state index contributed by atoms with van der Waals surface area (Å²) >= 11 is 0. The highest BCUT2D eigenvalue weighted by Gasteiger charge is 2.10. The minimum absolute atomic E-state index is 0.669. The number of nitrogens with one attached hydrogen (secondary N) is 2. The topological polar surface area (TPSA) is 79.4 Å². The summed E-state index contributed by atoms with van der Waals surface area (Å²) in [5, 5.41) is 12.5. The molecule has 6 nitrogen and oxygen atoms in total. The Morgan fingerprint density at radius 2 is 1.81 bits per heavy atom. The van der Waals surface area contributed by atoms with Crippen molar-refractivity contribution >= 4 is 33.3 Å².